The van der Waals surface area contributed by atoms with Crippen molar-refractivity contribution < 1.29 is 13.6 Å². The van der Waals surface area contributed by atoms with E-state index in [0.717, 1.165) is 0 Å². The Morgan fingerprint density at radius 1 is 1.25 bits per heavy atom. The number of nitrogens with zero attached hydrogens (tertiary/aromatic N) is 2. The lowest BCUT2D eigenvalue weighted by Crippen LogP contribution is -2.00. The van der Waals surface area contributed by atoms with E-state index in [9.17, 15) is 13.6 Å². The van der Waals surface area contributed by atoms with Crippen LogP contribution in [0.3, 0.4) is 0 Å². The Labute approximate surface area is 128 Å². The minimum absolute atomic E-state index is 0.0404. The van der Waals surface area contributed by atoms with E-state index in [0.29, 0.717) is 10.9 Å². The minimum atomic E-state index is -2.82. The molecule has 8 heteroatoms. The standard InChI is InChI=1S/C12H7Cl3F2N2O/c1-5-18-10(11(15)19(5)12(16)17)7-2-6(4-20)8(13)3-9(7)14/h2-4,12H,1H3. The second kappa shape index (κ2) is 5.68. The molecule has 0 bridgehead atoms. The average molecular weight is 340 g/mol. The molecule has 1 aromatic carbocycles. The van der Waals surface area contributed by atoms with Crippen LogP contribution in [0.15, 0.2) is 12.1 Å². The Morgan fingerprint density at radius 2 is 1.90 bits per heavy atom. The maximum Gasteiger partial charge on any atom is 0.321 e. The Hall–Kier alpha value is -1.17. The molecule has 3 nitrogen and oxygen atoms in total. The van der Waals surface area contributed by atoms with Crippen LogP contribution < -0.4 is 0 Å². The van der Waals surface area contributed by atoms with Gasteiger partial charge in [0.1, 0.15) is 16.7 Å². The highest BCUT2D eigenvalue weighted by Gasteiger charge is 2.22. The van der Waals surface area contributed by atoms with E-state index in [-0.39, 0.29) is 37.8 Å². The zero-order valence-electron chi connectivity index (χ0n) is 10.0. The third kappa shape index (κ3) is 2.53. The van der Waals surface area contributed by atoms with Crippen molar-refractivity contribution in [2.75, 3.05) is 0 Å². The molecule has 0 unspecified atom stereocenters. The van der Waals surface area contributed by atoms with Gasteiger partial charge in [0.15, 0.2) is 6.29 Å². The molecular weight excluding hydrogens is 332 g/mol. The summed E-state index contributed by atoms with van der Waals surface area (Å²) in [6.45, 7) is -1.42. The number of aromatic nitrogens is 2. The van der Waals surface area contributed by atoms with Gasteiger partial charge < -0.3 is 0 Å². The summed E-state index contributed by atoms with van der Waals surface area (Å²) in [5.74, 6) is 0.0404. The molecule has 20 heavy (non-hydrogen) atoms. The second-order valence-electron chi connectivity index (χ2n) is 3.92. The molecule has 0 amide bonds. The van der Waals surface area contributed by atoms with Gasteiger partial charge in [-0.2, -0.15) is 8.78 Å². The van der Waals surface area contributed by atoms with Crippen LogP contribution in [0.25, 0.3) is 11.3 Å². The molecule has 1 heterocycles. The van der Waals surface area contributed by atoms with Crippen molar-refractivity contribution in [1.29, 1.82) is 0 Å². The van der Waals surface area contributed by atoms with Crippen molar-refractivity contribution in [2.45, 2.75) is 13.5 Å². The number of halogens is 5. The fourth-order valence-corrected chi connectivity index (χ4v) is 2.61. The van der Waals surface area contributed by atoms with Crippen LogP contribution in [0.5, 0.6) is 0 Å². The summed E-state index contributed by atoms with van der Waals surface area (Å²) in [5, 5.41) is 0.0786. The van der Waals surface area contributed by atoms with Crippen molar-refractivity contribution in [1.82, 2.24) is 9.55 Å². The summed E-state index contributed by atoms with van der Waals surface area (Å²) in [6, 6.07) is 2.70. The number of hydrogen-bond donors (Lipinski definition) is 0. The van der Waals surface area contributed by atoms with Crippen LogP contribution in [0, 0.1) is 6.92 Å². The van der Waals surface area contributed by atoms with Gasteiger partial charge in [0.25, 0.3) is 0 Å². The zero-order chi connectivity index (χ0) is 15.0. The number of aldehydes is 1. The summed E-state index contributed by atoms with van der Waals surface area (Å²) >= 11 is 17.7. The molecule has 0 aliphatic carbocycles. The molecule has 106 valence electrons. The number of aryl methyl sites for hydroxylation is 1. The first-order chi connectivity index (χ1) is 9.36. The number of carbonyl (C=O) groups is 1. The van der Waals surface area contributed by atoms with Crippen molar-refractivity contribution in [3.63, 3.8) is 0 Å². The summed E-state index contributed by atoms with van der Waals surface area (Å²) in [6.07, 6.45) is 0.535. The molecular formula is C12H7Cl3F2N2O. The lowest BCUT2D eigenvalue weighted by molar-refractivity contribution is 0.0683. The lowest BCUT2D eigenvalue weighted by Gasteiger charge is -2.06. The van der Waals surface area contributed by atoms with E-state index in [1.54, 1.807) is 0 Å². The molecule has 0 saturated heterocycles. The second-order valence-corrected chi connectivity index (χ2v) is 5.09. The Balaban J connectivity index is 2.69. The zero-order valence-corrected chi connectivity index (χ0v) is 12.3. The third-order valence-corrected chi connectivity index (χ3v) is 3.69. The number of benzene rings is 1. The topological polar surface area (TPSA) is 34.9 Å². The SMILES string of the molecule is Cc1nc(-c2cc(C=O)c(Cl)cc2Cl)c(Cl)n1C(F)F. The van der Waals surface area contributed by atoms with Crippen LogP contribution in [0.4, 0.5) is 8.78 Å². The van der Waals surface area contributed by atoms with Gasteiger partial charge in [-0.05, 0) is 19.1 Å². The van der Waals surface area contributed by atoms with Gasteiger partial charge in [0.2, 0.25) is 0 Å². The van der Waals surface area contributed by atoms with Gasteiger partial charge in [-0.15, -0.1) is 0 Å². The molecule has 0 aliphatic heterocycles. The summed E-state index contributed by atoms with van der Waals surface area (Å²) in [5.41, 5.74) is 0.520. The fraction of sp³-hybridized carbons (Fsp3) is 0.167. The molecule has 2 aromatic rings. The third-order valence-electron chi connectivity index (χ3n) is 2.69. The van der Waals surface area contributed by atoms with Crippen molar-refractivity contribution in [3.8, 4) is 11.3 Å². The van der Waals surface area contributed by atoms with Crippen LogP contribution in [-0.2, 0) is 0 Å². The van der Waals surface area contributed by atoms with Crippen molar-refractivity contribution >= 4 is 41.1 Å². The molecule has 0 saturated carbocycles. The quantitative estimate of drug-likeness (QED) is 0.735. The smallest absolute Gasteiger partial charge is 0.298 e. The largest absolute Gasteiger partial charge is 0.321 e. The lowest BCUT2D eigenvalue weighted by atomic mass is 10.1. The fourth-order valence-electron chi connectivity index (χ4n) is 1.75. The average Bonchev–Trinajstić information content (AvgIpc) is 2.65. The summed E-state index contributed by atoms with van der Waals surface area (Å²) in [7, 11) is 0. The summed E-state index contributed by atoms with van der Waals surface area (Å²) in [4.78, 5) is 14.9. The van der Waals surface area contributed by atoms with E-state index < -0.39 is 6.55 Å². The maximum atomic E-state index is 12.9. The Morgan fingerprint density at radius 3 is 2.40 bits per heavy atom. The molecule has 2 rings (SSSR count). The Kier molecular flexibility index (Phi) is 4.32. The van der Waals surface area contributed by atoms with E-state index >= 15 is 0 Å². The minimum Gasteiger partial charge on any atom is -0.298 e. The van der Waals surface area contributed by atoms with Gasteiger partial charge in [0.05, 0.1) is 10.0 Å². The first kappa shape index (κ1) is 15.2. The number of imidazole rings is 1. The predicted octanol–water partition coefficient (Wildman–Crippen LogP) is 5.03. The van der Waals surface area contributed by atoms with E-state index in [2.05, 4.69) is 4.98 Å². The molecule has 0 spiro atoms. The monoisotopic (exact) mass is 338 g/mol. The maximum absolute atomic E-state index is 12.9. The van der Waals surface area contributed by atoms with Crippen LogP contribution in [0.2, 0.25) is 15.2 Å². The van der Waals surface area contributed by atoms with E-state index in [1.807, 2.05) is 0 Å². The van der Waals surface area contributed by atoms with Crippen LogP contribution >= 0.6 is 34.8 Å². The van der Waals surface area contributed by atoms with Gasteiger partial charge >= 0.3 is 6.55 Å². The molecule has 0 aliphatic rings. The van der Waals surface area contributed by atoms with Gasteiger partial charge in [-0.3, -0.25) is 9.36 Å². The number of rotatable bonds is 3. The molecule has 1 aromatic heterocycles. The highest BCUT2D eigenvalue weighted by atomic mass is 35.5. The van der Waals surface area contributed by atoms with Crippen LogP contribution in [0.1, 0.15) is 22.7 Å². The highest BCUT2D eigenvalue weighted by molar-refractivity contribution is 6.38. The van der Waals surface area contributed by atoms with Gasteiger partial charge in [0, 0.05) is 11.1 Å². The molecule has 0 atom stereocenters. The highest BCUT2D eigenvalue weighted by Crippen LogP contribution is 2.37. The first-order valence-corrected chi connectivity index (χ1v) is 6.47. The predicted molar refractivity (Wildman–Crippen MR) is 74.1 cm³/mol. The normalized spacial score (nSPS) is 11.2. The Bertz CT molecular complexity index is 686. The molecule has 0 fully saturated rings. The van der Waals surface area contributed by atoms with E-state index in [1.165, 1.54) is 19.1 Å². The summed E-state index contributed by atoms with van der Waals surface area (Å²) < 4.78 is 26.3. The number of alkyl halides is 2. The number of hydrogen-bond acceptors (Lipinski definition) is 2. The number of carbonyl (C=O) groups excluding carboxylic acids is 1. The molecule has 0 radical (unpaired) electrons. The van der Waals surface area contributed by atoms with Crippen molar-refractivity contribution in [3.05, 3.63) is 38.7 Å². The van der Waals surface area contributed by atoms with Gasteiger partial charge in [-0.25, -0.2) is 4.98 Å². The van der Waals surface area contributed by atoms with Crippen molar-refractivity contribution in [2.24, 2.45) is 0 Å². The van der Waals surface area contributed by atoms with Crippen LogP contribution in [-0.4, -0.2) is 15.8 Å². The molecule has 0 N–H and O–H groups in total. The first-order valence-electron chi connectivity index (χ1n) is 5.34. The van der Waals surface area contributed by atoms with Gasteiger partial charge in [-0.1, -0.05) is 34.8 Å². The van der Waals surface area contributed by atoms with E-state index in [4.69, 9.17) is 34.8 Å².